The van der Waals surface area contributed by atoms with E-state index in [9.17, 15) is 0 Å². The minimum Gasteiger partial charge on any atom is -0.463 e. The Hall–Kier alpha value is -0.550. The predicted octanol–water partition coefficient (Wildman–Crippen LogP) is 3.19. The summed E-state index contributed by atoms with van der Waals surface area (Å²) in [6.45, 7) is 4.15. The maximum absolute atomic E-state index is 5.58. The van der Waals surface area contributed by atoms with Crippen molar-refractivity contribution in [2.75, 3.05) is 13.1 Å². The zero-order valence-corrected chi connectivity index (χ0v) is 10.9. The molecule has 0 saturated heterocycles. The van der Waals surface area contributed by atoms with Crippen LogP contribution in [0.25, 0.3) is 11.0 Å². The normalized spacial score (nSPS) is 11.1. The van der Waals surface area contributed by atoms with Crippen LogP contribution in [0, 0.1) is 3.57 Å². The van der Waals surface area contributed by atoms with Crippen LogP contribution in [-0.2, 0) is 6.42 Å². The molecule has 0 aliphatic heterocycles. The van der Waals surface area contributed by atoms with Gasteiger partial charge in [-0.1, -0.05) is 19.1 Å². The maximum atomic E-state index is 5.58. The van der Waals surface area contributed by atoms with Gasteiger partial charge >= 0.3 is 0 Å². The number of halogens is 1. The third-order valence-electron chi connectivity index (χ3n) is 2.45. The average molecular weight is 315 g/mol. The van der Waals surface area contributed by atoms with Crippen molar-refractivity contribution in [2.45, 2.75) is 13.3 Å². The monoisotopic (exact) mass is 315 g/mol. The fourth-order valence-electron chi connectivity index (χ4n) is 1.67. The molecule has 2 nitrogen and oxygen atoms in total. The number of fused-ring (bicyclic) bond motifs is 1. The van der Waals surface area contributed by atoms with Crippen molar-refractivity contribution >= 4 is 33.6 Å². The number of hydrogen-bond donors (Lipinski definition) is 1. The minimum atomic E-state index is 1.01. The summed E-state index contributed by atoms with van der Waals surface area (Å²) in [5, 5.41) is 4.57. The van der Waals surface area contributed by atoms with Gasteiger partial charge in [-0.2, -0.15) is 0 Å². The first kappa shape index (κ1) is 11.0. The van der Waals surface area contributed by atoms with Gasteiger partial charge in [0.1, 0.15) is 5.58 Å². The molecule has 0 unspecified atom stereocenters. The van der Waals surface area contributed by atoms with Crippen LogP contribution in [0.5, 0.6) is 0 Å². The lowest BCUT2D eigenvalue weighted by molar-refractivity contribution is 0.605. The van der Waals surface area contributed by atoms with Gasteiger partial charge in [0.2, 0.25) is 0 Å². The summed E-state index contributed by atoms with van der Waals surface area (Å²) in [5.74, 6) is 0. The molecule has 2 aromatic rings. The highest BCUT2D eigenvalue weighted by molar-refractivity contribution is 14.1. The van der Waals surface area contributed by atoms with Crippen molar-refractivity contribution in [3.63, 3.8) is 0 Å². The Morgan fingerprint density at radius 3 is 3.07 bits per heavy atom. The average Bonchev–Trinajstić information content (AvgIpc) is 2.64. The SMILES string of the molecule is CCNCCc1coc2c(I)cccc12. The Bertz CT molecular complexity index is 450. The molecular formula is C12H14INO. The quantitative estimate of drug-likeness (QED) is 0.692. The third kappa shape index (κ3) is 2.34. The van der Waals surface area contributed by atoms with E-state index in [2.05, 4.69) is 53.0 Å². The van der Waals surface area contributed by atoms with Crippen LogP contribution in [0.2, 0.25) is 0 Å². The van der Waals surface area contributed by atoms with E-state index in [1.807, 2.05) is 6.26 Å². The van der Waals surface area contributed by atoms with E-state index in [0.717, 1.165) is 25.1 Å². The number of rotatable bonds is 4. The Morgan fingerprint density at radius 1 is 1.40 bits per heavy atom. The van der Waals surface area contributed by atoms with Gasteiger partial charge in [-0.05, 0) is 53.7 Å². The summed E-state index contributed by atoms with van der Waals surface area (Å²) in [6.07, 6.45) is 2.91. The molecule has 1 heterocycles. The highest BCUT2D eigenvalue weighted by Crippen LogP contribution is 2.25. The molecule has 0 atom stereocenters. The summed E-state index contributed by atoms with van der Waals surface area (Å²) in [5.41, 5.74) is 2.31. The van der Waals surface area contributed by atoms with Gasteiger partial charge in [-0.15, -0.1) is 0 Å². The molecule has 0 aliphatic carbocycles. The standard InChI is InChI=1S/C12H14INO/c1-2-14-7-6-9-8-15-12-10(9)4-3-5-11(12)13/h3-5,8,14H,2,6-7H2,1H3. The Morgan fingerprint density at radius 2 is 2.27 bits per heavy atom. The van der Waals surface area contributed by atoms with E-state index >= 15 is 0 Å². The second-order valence-corrected chi connectivity index (χ2v) is 4.64. The van der Waals surface area contributed by atoms with Gasteiger partial charge in [0.25, 0.3) is 0 Å². The van der Waals surface area contributed by atoms with Crippen LogP contribution in [0.4, 0.5) is 0 Å². The van der Waals surface area contributed by atoms with Crippen molar-refractivity contribution in [3.8, 4) is 0 Å². The van der Waals surface area contributed by atoms with Crippen molar-refractivity contribution in [1.82, 2.24) is 5.32 Å². The molecular weight excluding hydrogens is 301 g/mol. The number of likely N-dealkylation sites (N-methyl/N-ethyl adjacent to an activating group) is 1. The zero-order valence-electron chi connectivity index (χ0n) is 8.72. The minimum absolute atomic E-state index is 1.01. The summed E-state index contributed by atoms with van der Waals surface area (Å²) >= 11 is 2.31. The van der Waals surface area contributed by atoms with E-state index in [1.165, 1.54) is 14.5 Å². The van der Waals surface area contributed by atoms with E-state index in [1.54, 1.807) is 0 Å². The lowest BCUT2D eigenvalue weighted by atomic mass is 10.1. The fraction of sp³-hybridized carbons (Fsp3) is 0.333. The van der Waals surface area contributed by atoms with Crippen LogP contribution < -0.4 is 5.32 Å². The van der Waals surface area contributed by atoms with Gasteiger partial charge in [0, 0.05) is 5.39 Å². The van der Waals surface area contributed by atoms with Crippen LogP contribution in [0.3, 0.4) is 0 Å². The van der Waals surface area contributed by atoms with Crippen molar-refractivity contribution in [2.24, 2.45) is 0 Å². The highest BCUT2D eigenvalue weighted by Gasteiger charge is 2.07. The van der Waals surface area contributed by atoms with Crippen molar-refractivity contribution in [3.05, 3.63) is 33.6 Å². The number of nitrogens with one attached hydrogen (secondary N) is 1. The van der Waals surface area contributed by atoms with Crippen molar-refractivity contribution < 1.29 is 4.42 Å². The summed E-state index contributed by atoms with van der Waals surface area (Å²) in [7, 11) is 0. The first-order chi connectivity index (χ1) is 7.33. The molecule has 0 amide bonds. The molecule has 0 bridgehead atoms. The Balaban J connectivity index is 2.25. The maximum Gasteiger partial charge on any atom is 0.147 e. The van der Waals surface area contributed by atoms with E-state index in [-0.39, 0.29) is 0 Å². The van der Waals surface area contributed by atoms with Gasteiger partial charge in [-0.3, -0.25) is 0 Å². The number of para-hydroxylation sites is 1. The lowest BCUT2D eigenvalue weighted by Gasteiger charge is -1.99. The number of hydrogen-bond acceptors (Lipinski definition) is 2. The first-order valence-corrected chi connectivity index (χ1v) is 6.26. The van der Waals surface area contributed by atoms with Crippen LogP contribution in [0.15, 0.2) is 28.9 Å². The predicted molar refractivity (Wildman–Crippen MR) is 71.2 cm³/mol. The molecule has 1 aromatic carbocycles. The molecule has 3 heteroatoms. The van der Waals surface area contributed by atoms with Crippen LogP contribution in [0.1, 0.15) is 12.5 Å². The van der Waals surface area contributed by atoms with Gasteiger partial charge < -0.3 is 9.73 Å². The smallest absolute Gasteiger partial charge is 0.147 e. The molecule has 0 spiro atoms. The largest absolute Gasteiger partial charge is 0.463 e. The van der Waals surface area contributed by atoms with Gasteiger partial charge in [0.15, 0.2) is 0 Å². The highest BCUT2D eigenvalue weighted by atomic mass is 127. The van der Waals surface area contributed by atoms with Crippen molar-refractivity contribution in [1.29, 1.82) is 0 Å². The molecule has 1 aromatic heterocycles. The third-order valence-corrected chi connectivity index (χ3v) is 3.30. The second kappa shape index (κ2) is 4.99. The molecule has 0 radical (unpaired) electrons. The second-order valence-electron chi connectivity index (χ2n) is 3.48. The van der Waals surface area contributed by atoms with Crippen LogP contribution in [-0.4, -0.2) is 13.1 Å². The van der Waals surface area contributed by atoms with E-state index in [4.69, 9.17) is 4.42 Å². The summed E-state index contributed by atoms with van der Waals surface area (Å²) < 4.78 is 6.76. The first-order valence-electron chi connectivity index (χ1n) is 5.18. The molecule has 2 rings (SSSR count). The molecule has 80 valence electrons. The van der Waals surface area contributed by atoms with Crippen LogP contribution >= 0.6 is 22.6 Å². The number of furan rings is 1. The molecule has 0 fully saturated rings. The zero-order chi connectivity index (χ0) is 10.7. The van der Waals surface area contributed by atoms with E-state index < -0.39 is 0 Å². The molecule has 0 aliphatic rings. The molecule has 1 N–H and O–H groups in total. The summed E-state index contributed by atoms with van der Waals surface area (Å²) in [6, 6.07) is 6.28. The molecule has 0 saturated carbocycles. The van der Waals surface area contributed by atoms with Gasteiger partial charge in [-0.25, -0.2) is 0 Å². The number of benzene rings is 1. The van der Waals surface area contributed by atoms with E-state index in [0.29, 0.717) is 0 Å². The molecule has 15 heavy (non-hydrogen) atoms. The lowest BCUT2D eigenvalue weighted by Crippen LogP contribution is -2.15. The summed E-state index contributed by atoms with van der Waals surface area (Å²) in [4.78, 5) is 0. The Labute approximate surface area is 103 Å². The fourth-order valence-corrected chi connectivity index (χ4v) is 2.29. The Kier molecular flexibility index (Phi) is 3.64. The van der Waals surface area contributed by atoms with Gasteiger partial charge in [0.05, 0.1) is 9.83 Å². The topological polar surface area (TPSA) is 25.2 Å².